The van der Waals surface area contributed by atoms with Crippen LogP contribution in [0.3, 0.4) is 0 Å². The van der Waals surface area contributed by atoms with Gasteiger partial charge >= 0.3 is 0 Å². The van der Waals surface area contributed by atoms with E-state index < -0.39 is 0 Å². The van der Waals surface area contributed by atoms with Gasteiger partial charge in [0, 0.05) is 43.9 Å². The first-order valence-corrected chi connectivity index (χ1v) is 12.8. The maximum Gasteiger partial charge on any atom is 0.227 e. The average molecular weight is 508 g/mol. The van der Waals surface area contributed by atoms with Crippen molar-refractivity contribution in [1.29, 1.82) is 0 Å². The Morgan fingerprint density at radius 2 is 1.92 bits per heavy atom. The van der Waals surface area contributed by atoms with Gasteiger partial charge in [-0.25, -0.2) is 0 Å². The lowest BCUT2D eigenvalue weighted by Crippen LogP contribution is -2.45. The highest BCUT2D eigenvalue weighted by atomic mass is 35.5. The summed E-state index contributed by atoms with van der Waals surface area (Å²) in [5, 5.41) is 14.6. The molecular formula is C25H30ClN9O. The predicted molar refractivity (Wildman–Crippen MR) is 141 cm³/mol. The number of anilines is 4. The number of rotatable bonds is 8. The number of hydrogen-bond acceptors (Lipinski definition) is 9. The molecule has 1 unspecified atom stereocenters. The molecule has 1 aromatic carbocycles. The molecule has 2 aromatic heterocycles. The van der Waals surface area contributed by atoms with Gasteiger partial charge in [0.1, 0.15) is 10.8 Å². The number of aromatic amines is 1. The first-order chi connectivity index (χ1) is 17.6. The second-order valence-corrected chi connectivity index (χ2v) is 9.90. The van der Waals surface area contributed by atoms with E-state index in [1.54, 1.807) is 0 Å². The van der Waals surface area contributed by atoms with Crippen LogP contribution in [0.4, 0.5) is 23.4 Å². The van der Waals surface area contributed by atoms with Gasteiger partial charge in [-0.05, 0) is 31.5 Å². The highest BCUT2D eigenvalue weighted by Gasteiger charge is 2.27. The number of hydroxylamine groups is 1. The van der Waals surface area contributed by atoms with Crippen LogP contribution in [0.25, 0.3) is 0 Å². The number of likely N-dealkylation sites (N-methyl/N-ethyl adjacent to an activating group) is 1. The van der Waals surface area contributed by atoms with Crippen LogP contribution < -0.4 is 21.0 Å². The predicted octanol–water partition coefficient (Wildman–Crippen LogP) is 3.80. The van der Waals surface area contributed by atoms with E-state index in [9.17, 15) is 0 Å². The van der Waals surface area contributed by atoms with Gasteiger partial charge in [-0.3, -0.25) is 5.10 Å². The van der Waals surface area contributed by atoms with Gasteiger partial charge in [-0.2, -0.15) is 15.1 Å². The van der Waals surface area contributed by atoms with Gasteiger partial charge < -0.3 is 25.3 Å². The van der Waals surface area contributed by atoms with Crippen LogP contribution in [-0.2, 0) is 4.84 Å². The number of hydrogen-bond donors (Lipinski definition) is 4. The molecule has 3 aliphatic rings. The quantitative estimate of drug-likeness (QED) is 0.362. The number of piperazine rings is 1. The van der Waals surface area contributed by atoms with Crippen molar-refractivity contribution >= 4 is 35.0 Å². The van der Waals surface area contributed by atoms with Crippen molar-refractivity contribution in [2.75, 3.05) is 55.3 Å². The molecule has 1 atom stereocenters. The van der Waals surface area contributed by atoms with E-state index in [1.165, 1.54) is 12.8 Å². The largest absolute Gasteiger partial charge is 0.411 e. The third-order valence-corrected chi connectivity index (χ3v) is 7.09. The number of benzene rings is 1. The Balaban J connectivity index is 1.22. The lowest BCUT2D eigenvalue weighted by Gasteiger charge is -2.34. The summed E-state index contributed by atoms with van der Waals surface area (Å²) in [7, 11) is 2.12. The molecule has 4 N–H and O–H groups in total. The van der Waals surface area contributed by atoms with Crippen molar-refractivity contribution in [3.63, 3.8) is 0 Å². The summed E-state index contributed by atoms with van der Waals surface area (Å²) < 4.78 is 0. The van der Waals surface area contributed by atoms with Crippen molar-refractivity contribution in [3.05, 3.63) is 64.5 Å². The van der Waals surface area contributed by atoms with Gasteiger partial charge in [-0.15, -0.1) is 5.48 Å². The zero-order valence-corrected chi connectivity index (χ0v) is 20.9. The molecule has 0 amide bonds. The zero-order chi connectivity index (χ0) is 24.5. The van der Waals surface area contributed by atoms with Crippen LogP contribution in [0.15, 0.2) is 48.2 Å². The second-order valence-electron chi connectivity index (χ2n) is 9.53. The van der Waals surface area contributed by atoms with Crippen molar-refractivity contribution < 1.29 is 4.84 Å². The third kappa shape index (κ3) is 5.11. The molecule has 0 bridgehead atoms. The van der Waals surface area contributed by atoms with Crippen molar-refractivity contribution in [2.45, 2.75) is 24.8 Å². The van der Waals surface area contributed by atoms with Crippen LogP contribution in [0.1, 0.15) is 36.1 Å². The molecular weight excluding hydrogens is 478 g/mol. The molecule has 36 heavy (non-hydrogen) atoms. The molecule has 2 aliphatic heterocycles. The van der Waals surface area contributed by atoms with E-state index in [4.69, 9.17) is 21.4 Å². The third-order valence-electron chi connectivity index (χ3n) is 6.75. The number of H-pyrrole nitrogens is 1. The van der Waals surface area contributed by atoms with E-state index in [2.05, 4.69) is 66.4 Å². The fraction of sp³-hybridized carbons (Fsp3) is 0.400. The van der Waals surface area contributed by atoms with E-state index in [0.717, 1.165) is 43.2 Å². The Morgan fingerprint density at radius 3 is 2.69 bits per heavy atom. The lowest BCUT2D eigenvalue weighted by molar-refractivity contribution is 0.116. The fourth-order valence-corrected chi connectivity index (χ4v) is 4.68. The van der Waals surface area contributed by atoms with Gasteiger partial charge in [0.25, 0.3) is 0 Å². The van der Waals surface area contributed by atoms with Crippen molar-refractivity contribution in [3.8, 4) is 0 Å². The summed E-state index contributed by atoms with van der Waals surface area (Å²) in [6.45, 7) is 4.02. The van der Waals surface area contributed by atoms with Gasteiger partial charge in [0.2, 0.25) is 5.95 Å². The summed E-state index contributed by atoms with van der Waals surface area (Å²) in [6.07, 6.45) is 4.47. The molecule has 0 radical (unpaired) electrons. The monoisotopic (exact) mass is 507 g/mol. The van der Waals surface area contributed by atoms with E-state index in [1.807, 2.05) is 24.3 Å². The van der Waals surface area contributed by atoms with Gasteiger partial charge in [-0.1, -0.05) is 41.9 Å². The number of nitrogens with one attached hydrogen (secondary N) is 4. The van der Waals surface area contributed by atoms with E-state index in [-0.39, 0.29) is 6.04 Å². The minimum absolute atomic E-state index is 0.00703. The Bertz CT molecular complexity index is 1240. The van der Waals surface area contributed by atoms with Gasteiger partial charge in [0.15, 0.2) is 17.5 Å². The van der Waals surface area contributed by atoms with Crippen molar-refractivity contribution in [2.24, 2.45) is 0 Å². The van der Waals surface area contributed by atoms with Crippen LogP contribution in [0.2, 0.25) is 5.02 Å². The maximum absolute atomic E-state index is 6.84. The first kappa shape index (κ1) is 23.1. The van der Waals surface area contributed by atoms with E-state index in [0.29, 0.717) is 40.9 Å². The van der Waals surface area contributed by atoms with E-state index >= 15 is 0 Å². The number of aromatic nitrogens is 4. The molecule has 11 heteroatoms. The molecule has 1 saturated heterocycles. The molecule has 188 valence electrons. The highest BCUT2D eigenvalue weighted by molar-refractivity contribution is 6.35. The zero-order valence-electron chi connectivity index (χ0n) is 20.2. The number of halogens is 1. The smallest absolute Gasteiger partial charge is 0.227 e. The summed E-state index contributed by atoms with van der Waals surface area (Å²) in [4.78, 5) is 19.7. The number of nitrogens with zero attached hydrogens (tertiary/aromatic N) is 5. The molecule has 10 nitrogen and oxygen atoms in total. The summed E-state index contributed by atoms with van der Waals surface area (Å²) in [5.74, 6) is 3.77. The molecule has 4 heterocycles. The standard InChI is InChI=1S/C25H30ClN9O/c1-34-9-11-35(12-10-34)24-22(26)23(28-21-14-19(31-32-21)17-7-8-17)29-25(30-24)27-15-18-13-20(33-36-18)16-5-3-2-4-6-16/h2-6,13-14,17,20,33H,7-12,15H2,1H3,(H3,27,28,29,30,31,32). The summed E-state index contributed by atoms with van der Waals surface area (Å²) in [6, 6.07) is 12.2. The molecule has 1 aliphatic carbocycles. The molecule has 6 rings (SSSR count). The summed E-state index contributed by atoms with van der Waals surface area (Å²) in [5.41, 5.74) is 5.35. The van der Waals surface area contributed by atoms with Crippen LogP contribution in [0.5, 0.6) is 0 Å². The Kier molecular flexibility index (Phi) is 6.39. The SMILES string of the molecule is CN1CCN(c2nc(NCC3=CC(c4ccccc4)NO3)nc(Nc3cc(C4CC4)[nH]n3)c2Cl)CC1. The first-order valence-electron chi connectivity index (χ1n) is 12.4. The van der Waals surface area contributed by atoms with Crippen LogP contribution >= 0.6 is 11.6 Å². The summed E-state index contributed by atoms with van der Waals surface area (Å²) >= 11 is 6.84. The van der Waals surface area contributed by atoms with Crippen LogP contribution in [0, 0.1) is 0 Å². The minimum Gasteiger partial charge on any atom is -0.411 e. The maximum atomic E-state index is 6.84. The highest BCUT2D eigenvalue weighted by Crippen LogP contribution is 2.40. The Morgan fingerprint density at radius 1 is 1.11 bits per heavy atom. The Hall–Kier alpha value is -3.34. The minimum atomic E-state index is 0.00703. The molecule has 3 aromatic rings. The Labute approximate surface area is 215 Å². The van der Waals surface area contributed by atoms with Crippen LogP contribution in [-0.4, -0.2) is 64.8 Å². The molecule has 0 spiro atoms. The molecule has 2 fully saturated rings. The van der Waals surface area contributed by atoms with Crippen molar-refractivity contribution in [1.82, 2.24) is 30.5 Å². The van der Waals surface area contributed by atoms with Gasteiger partial charge in [0.05, 0.1) is 12.6 Å². The lowest BCUT2D eigenvalue weighted by atomic mass is 10.1. The topological polar surface area (TPSA) is 106 Å². The molecule has 1 saturated carbocycles. The second kappa shape index (κ2) is 9.96. The fourth-order valence-electron chi connectivity index (χ4n) is 4.43. The average Bonchev–Trinajstić information content (AvgIpc) is 3.46. The normalized spacial score (nSPS) is 20.2.